The molecule has 3 N–H and O–H groups in total. The summed E-state index contributed by atoms with van der Waals surface area (Å²) in [4.78, 5) is 73.0. The second-order valence-electron chi connectivity index (χ2n) is 30.0. The van der Waals surface area contributed by atoms with Crippen LogP contribution in [0, 0.1) is 17.8 Å². The van der Waals surface area contributed by atoms with Crippen molar-refractivity contribution in [1.82, 2.24) is 0 Å². The topological polar surface area (TPSA) is 237 Å². The summed E-state index contributed by atoms with van der Waals surface area (Å²) in [6.07, 6.45) is 58.2. The van der Waals surface area contributed by atoms with Crippen LogP contribution < -0.4 is 0 Å². The Morgan fingerprint density at radius 3 is 0.768 bits per heavy atom. The maximum atomic E-state index is 13.1. The van der Waals surface area contributed by atoms with Crippen molar-refractivity contribution in [3.05, 3.63) is 0 Å². The van der Waals surface area contributed by atoms with Crippen molar-refractivity contribution < 1.29 is 80.2 Å². The molecule has 6 atom stereocenters. The lowest BCUT2D eigenvalue weighted by atomic mass is 9.99. The van der Waals surface area contributed by atoms with Gasteiger partial charge in [-0.2, -0.15) is 0 Å². The largest absolute Gasteiger partial charge is 0.472 e. The Morgan fingerprint density at radius 2 is 0.515 bits per heavy atom. The summed E-state index contributed by atoms with van der Waals surface area (Å²) in [5, 5.41) is 10.6. The summed E-state index contributed by atoms with van der Waals surface area (Å²) in [6, 6.07) is 0. The molecule has 0 heterocycles. The van der Waals surface area contributed by atoms with Crippen LogP contribution in [0.1, 0.15) is 414 Å². The maximum Gasteiger partial charge on any atom is 0.472 e. The normalized spacial score (nSPS) is 14.3. The van der Waals surface area contributed by atoms with Crippen LogP contribution in [0.5, 0.6) is 0 Å². The van der Waals surface area contributed by atoms with Gasteiger partial charge in [0.1, 0.15) is 19.3 Å². The molecule has 0 saturated carbocycles. The third-order valence-corrected chi connectivity index (χ3v) is 20.9. The van der Waals surface area contributed by atoms with Crippen molar-refractivity contribution in [2.75, 3.05) is 39.6 Å². The minimum Gasteiger partial charge on any atom is -0.462 e. The highest BCUT2D eigenvalue weighted by Gasteiger charge is 2.30. The fourth-order valence-corrected chi connectivity index (χ4v) is 13.9. The van der Waals surface area contributed by atoms with Crippen molar-refractivity contribution in [2.45, 2.75) is 433 Å². The number of rotatable bonds is 78. The first-order chi connectivity index (χ1) is 47.8. The van der Waals surface area contributed by atoms with Crippen LogP contribution in [0.15, 0.2) is 0 Å². The molecule has 0 aromatic carbocycles. The van der Waals surface area contributed by atoms with Gasteiger partial charge in [-0.15, -0.1) is 0 Å². The zero-order valence-corrected chi connectivity index (χ0v) is 66.8. The number of carbonyl (C=O) groups excluding carboxylic acids is 4. The number of hydrogen-bond acceptors (Lipinski definition) is 15. The van der Waals surface area contributed by atoms with Crippen LogP contribution in [0.2, 0.25) is 0 Å². The van der Waals surface area contributed by atoms with Crippen molar-refractivity contribution in [1.29, 1.82) is 0 Å². The molecule has 99 heavy (non-hydrogen) atoms. The van der Waals surface area contributed by atoms with Gasteiger partial charge in [0.25, 0.3) is 0 Å². The zero-order chi connectivity index (χ0) is 73.0. The molecular weight excluding hydrogens is 1290 g/mol. The summed E-state index contributed by atoms with van der Waals surface area (Å²) < 4.78 is 68.7. The summed E-state index contributed by atoms with van der Waals surface area (Å²) >= 11 is 0. The number of phosphoric acid groups is 2. The van der Waals surface area contributed by atoms with E-state index >= 15 is 0 Å². The highest BCUT2D eigenvalue weighted by Crippen LogP contribution is 2.45. The SMILES string of the molecule is CCCCCCCCCCCCCCCCC(=O)OC[C@H](COP(=O)(O)OC[C@@H](O)COP(=O)(O)OC[C@@H](COC(=O)CCCCCCCCCCC(C)CC)OC(=O)CCCCCCCCCCCC(C)C)OC(=O)CCCCCCCCCCCCCCCCCCCCC(C)C. The molecule has 0 aliphatic carbocycles. The number of aliphatic hydroxyl groups is 1. The molecule has 0 radical (unpaired) electrons. The van der Waals surface area contributed by atoms with Gasteiger partial charge in [-0.1, -0.05) is 363 Å². The van der Waals surface area contributed by atoms with Gasteiger partial charge >= 0.3 is 39.5 Å². The summed E-state index contributed by atoms with van der Waals surface area (Å²) in [6.45, 7) is 11.9. The first kappa shape index (κ1) is 97.1. The number of carbonyl (C=O) groups is 4. The van der Waals surface area contributed by atoms with Crippen molar-refractivity contribution in [3.8, 4) is 0 Å². The molecule has 17 nitrogen and oxygen atoms in total. The average Bonchev–Trinajstić information content (AvgIpc) is 2.77. The van der Waals surface area contributed by atoms with Gasteiger partial charge in [0.15, 0.2) is 12.2 Å². The van der Waals surface area contributed by atoms with E-state index in [1.165, 1.54) is 225 Å². The number of phosphoric ester groups is 2. The monoisotopic (exact) mass is 1450 g/mol. The van der Waals surface area contributed by atoms with Gasteiger partial charge in [-0.3, -0.25) is 37.3 Å². The molecular formula is C80H156O17P2. The molecule has 0 aromatic rings. The van der Waals surface area contributed by atoms with Crippen molar-refractivity contribution in [3.63, 3.8) is 0 Å². The van der Waals surface area contributed by atoms with Crippen LogP contribution in [0.3, 0.4) is 0 Å². The third-order valence-electron chi connectivity index (χ3n) is 19.0. The predicted octanol–water partition coefficient (Wildman–Crippen LogP) is 23.7. The second kappa shape index (κ2) is 70.4. The van der Waals surface area contributed by atoms with E-state index in [2.05, 4.69) is 48.5 Å². The Morgan fingerprint density at radius 1 is 0.293 bits per heavy atom. The molecule has 0 saturated heterocycles. The smallest absolute Gasteiger partial charge is 0.462 e. The van der Waals surface area contributed by atoms with Gasteiger partial charge in [-0.25, -0.2) is 9.13 Å². The van der Waals surface area contributed by atoms with Crippen molar-refractivity contribution in [2.24, 2.45) is 17.8 Å². The number of unbranched alkanes of at least 4 members (excludes halogenated alkanes) is 45. The summed E-state index contributed by atoms with van der Waals surface area (Å²) in [5.74, 6) is 0.222. The van der Waals surface area contributed by atoms with Crippen molar-refractivity contribution >= 4 is 39.5 Å². The minimum absolute atomic E-state index is 0.105. The molecule has 0 aliphatic rings. The molecule has 0 aliphatic heterocycles. The average molecular weight is 1450 g/mol. The Hall–Kier alpha value is -1.94. The lowest BCUT2D eigenvalue weighted by Gasteiger charge is -2.21. The second-order valence-corrected chi connectivity index (χ2v) is 32.9. The van der Waals surface area contributed by atoms with Gasteiger partial charge in [0, 0.05) is 25.7 Å². The van der Waals surface area contributed by atoms with Gasteiger partial charge in [-0.05, 0) is 43.4 Å². The molecule has 0 amide bonds. The molecule has 588 valence electrons. The van der Waals surface area contributed by atoms with Gasteiger partial charge < -0.3 is 33.8 Å². The Labute approximate surface area is 607 Å². The lowest BCUT2D eigenvalue weighted by Crippen LogP contribution is -2.30. The highest BCUT2D eigenvalue weighted by molar-refractivity contribution is 7.47. The van der Waals surface area contributed by atoms with E-state index in [1.54, 1.807) is 0 Å². The molecule has 0 aromatic heterocycles. The van der Waals surface area contributed by atoms with Crippen LogP contribution in [-0.4, -0.2) is 96.7 Å². The highest BCUT2D eigenvalue weighted by atomic mass is 31.2. The summed E-state index contributed by atoms with van der Waals surface area (Å²) in [7, 11) is -9.92. The quantitative estimate of drug-likeness (QED) is 0.0222. The predicted molar refractivity (Wildman–Crippen MR) is 405 cm³/mol. The Balaban J connectivity index is 5.23. The fraction of sp³-hybridized carbons (Fsp3) is 0.950. The number of esters is 4. The molecule has 19 heteroatoms. The van der Waals surface area contributed by atoms with Gasteiger partial charge in [0.2, 0.25) is 0 Å². The molecule has 0 fully saturated rings. The van der Waals surface area contributed by atoms with E-state index < -0.39 is 97.5 Å². The Kier molecular flexibility index (Phi) is 69.0. The lowest BCUT2D eigenvalue weighted by molar-refractivity contribution is -0.161. The summed E-state index contributed by atoms with van der Waals surface area (Å²) in [5.41, 5.74) is 0. The van der Waals surface area contributed by atoms with Crippen LogP contribution in [0.25, 0.3) is 0 Å². The number of ether oxygens (including phenoxy) is 4. The minimum atomic E-state index is -4.96. The van der Waals surface area contributed by atoms with Crippen LogP contribution >= 0.6 is 15.6 Å². The van der Waals surface area contributed by atoms with E-state index in [4.69, 9.17) is 37.0 Å². The molecule has 3 unspecified atom stereocenters. The first-order valence-corrected chi connectivity index (χ1v) is 44.4. The third kappa shape index (κ3) is 72.8. The van der Waals surface area contributed by atoms with Crippen LogP contribution in [-0.2, 0) is 65.4 Å². The molecule has 0 spiro atoms. The van der Waals surface area contributed by atoms with E-state index in [0.717, 1.165) is 108 Å². The number of hydrogen-bond donors (Lipinski definition) is 3. The van der Waals surface area contributed by atoms with Crippen LogP contribution in [0.4, 0.5) is 0 Å². The first-order valence-electron chi connectivity index (χ1n) is 41.4. The van der Waals surface area contributed by atoms with E-state index in [-0.39, 0.29) is 25.7 Å². The van der Waals surface area contributed by atoms with Gasteiger partial charge in [0.05, 0.1) is 26.4 Å². The molecule has 0 rings (SSSR count). The van der Waals surface area contributed by atoms with E-state index in [9.17, 15) is 43.2 Å². The van der Waals surface area contributed by atoms with E-state index in [1.807, 2.05) is 0 Å². The maximum absolute atomic E-state index is 13.1. The zero-order valence-electron chi connectivity index (χ0n) is 65.0. The molecule has 0 bridgehead atoms. The standard InChI is InChI=1S/C80H156O17P2/c1-8-10-11-12-13-14-15-16-24-27-32-40-47-54-61-77(82)90-67-75(96-79(84)63-56-49-42-33-28-25-22-20-18-17-19-21-23-26-30-37-44-51-58-71(3)4)69-94-98(86,87)92-65-74(81)66-93-99(88,89)95-70-76(97-80(85)64-57-50-43-34-29-31-38-45-52-59-72(5)6)68-91-78(83)62-55-48-41-36-35-39-46-53-60-73(7)9-2/h71-76,81H,8-70H2,1-7H3,(H,86,87)(H,88,89)/t73?,74-,75-,76-/m1/s1. The number of aliphatic hydroxyl groups excluding tert-OH is 1. The Bertz CT molecular complexity index is 1920. The van der Waals surface area contributed by atoms with E-state index in [0.29, 0.717) is 25.7 Å². The fourth-order valence-electron chi connectivity index (χ4n) is 12.3.